The van der Waals surface area contributed by atoms with E-state index in [1.54, 1.807) is 0 Å². The zero-order valence-corrected chi connectivity index (χ0v) is 8.98. The maximum Gasteiger partial charge on any atom is 0.304 e. The van der Waals surface area contributed by atoms with E-state index in [4.69, 9.17) is 10.8 Å². The summed E-state index contributed by atoms with van der Waals surface area (Å²) in [6, 6.07) is -0.336. The summed E-state index contributed by atoms with van der Waals surface area (Å²) in [5.74, 6) is -1.17. The monoisotopic (exact) mass is 214 g/mol. The van der Waals surface area contributed by atoms with Crippen molar-refractivity contribution in [2.45, 2.75) is 44.7 Å². The Balaban J connectivity index is 2.65. The van der Waals surface area contributed by atoms with Crippen LogP contribution in [0.4, 0.5) is 0 Å². The van der Waals surface area contributed by atoms with Crippen molar-refractivity contribution in [2.24, 2.45) is 5.73 Å². The van der Waals surface area contributed by atoms with E-state index < -0.39 is 5.97 Å². The number of nitrogens with two attached hydrogens (primary N) is 1. The molecule has 2 unspecified atom stereocenters. The van der Waals surface area contributed by atoms with Crippen molar-refractivity contribution < 1.29 is 14.7 Å². The number of aliphatic carboxylic acids is 1. The average Bonchev–Trinajstić information content (AvgIpc) is 2.53. The van der Waals surface area contributed by atoms with Gasteiger partial charge >= 0.3 is 5.97 Å². The molecular formula is C10H18N2O3. The number of primary amides is 1. The van der Waals surface area contributed by atoms with E-state index in [2.05, 4.69) is 0 Å². The van der Waals surface area contributed by atoms with Gasteiger partial charge in [-0.2, -0.15) is 0 Å². The van der Waals surface area contributed by atoms with Gasteiger partial charge in [0.1, 0.15) is 0 Å². The number of rotatable bonds is 5. The molecule has 1 aliphatic rings. The van der Waals surface area contributed by atoms with Crippen LogP contribution in [0, 0.1) is 0 Å². The van der Waals surface area contributed by atoms with Crippen molar-refractivity contribution >= 4 is 11.9 Å². The average molecular weight is 214 g/mol. The fraction of sp³-hybridized carbons (Fsp3) is 0.800. The Morgan fingerprint density at radius 3 is 2.73 bits per heavy atom. The third kappa shape index (κ3) is 2.92. The fourth-order valence-electron chi connectivity index (χ4n) is 2.29. The molecule has 0 spiro atoms. The van der Waals surface area contributed by atoms with Crippen molar-refractivity contribution in [2.75, 3.05) is 6.54 Å². The molecule has 1 heterocycles. The highest BCUT2D eigenvalue weighted by Gasteiger charge is 2.33. The molecule has 1 amide bonds. The maximum atomic E-state index is 11.2. The first-order chi connectivity index (χ1) is 7.06. The normalized spacial score (nSPS) is 23.9. The molecule has 2 atom stereocenters. The molecule has 0 radical (unpaired) electrons. The number of hydrogen-bond acceptors (Lipinski definition) is 3. The molecule has 1 aliphatic heterocycles. The number of carboxylic acids is 1. The number of likely N-dealkylation sites (tertiary alicyclic amines) is 1. The predicted octanol–water partition coefficient (Wildman–Crippen LogP) is 0.189. The van der Waals surface area contributed by atoms with E-state index >= 15 is 0 Å². The molecule has 5 heteroatoms. The predicted molar refractivity (Wildman–Crippen MR) is 55.3 cm³/mol. The Bertz CT molecular complexity index is 255. The Morgan fingerprint density at radius 1 is 1.60 bits per heavy atom. The molecule has 0 aromatic rings. The molecule has 1 rings (SSSR count). The van der Waals surface area contributed by atoms with E-state index in [9.17, 15) is 9.59 Å². The minimum Gasteiger partial charge on any atom is -0.481 e. The quantitative estimate of drug-likeness (QED) is 0.684. The molecule has 0 aromatic heterocycles. The second-order valence-corrected chi connectivity index (χ2v) is 3.96. The molecular weight excluding hydrogens is 196 g/mol. The van der Waals surface area contributed by atoms with Crippen molar-refractivity contribution in [1.29, 1.82) is 0 Å². The van der Waals surface area contributed by atoms with Gasteiger partial charge in [-0.1, -0.05) is 6.92 Å². The SMILES string of the molecule is CCC(C(N)=O)N1CCCC1CC(=O)O. The lowest BCUT2D eigenvalue weighted by atomic mass is 10.1. The molecule has 0 bridgehead atoms. The van der Waals surface area contributed by atoms with Crippen LogP contribution in [0.2, 0.25) is 0 Å². The van der Waals surface area contributed by atoms with Crippen LogP contribution in [0.3, 0.4) is 0 Å². The molecule has 0 saturated carbocycles. The number of nitrogens with zero attached hydrogens (tertiary/aromatic N) is 1. The van der Waals surface area contributed by atoms with Crippen LogP contribution in [-0.4, -0.2) is 40.5 Å². The highest BCUT2D eigenvalue weighted by atomic mass is 16.4. The summed E-state index contributed by atoms with van der Waals surface area (Å²) in [5, 5.41) is 8.74. The van der Waals surface area contributed by atoms with Gasteiger partial charge in [0, 0.05) is 6.04 Å². The van der Waals surface area contributed by atoms with Gasteiger partial charge in [0.15, 0.2) is 0 Å². The first kappa shape index (κ1) is 12.0. The minimum atomic E-state index is -0.814. The smallest absolute Gasteiger partial charge is 0.304 e. The van der Waals surface area contributed by atoms with Gasteiger partial charge in [0.05, 0.1) is 12.5 Å². The van der Waals surface area contributed by atoms with Crippen LogP contribution in [0.1, 0.15) is 32.6 Å². The van der Waals surface area contributed by atoms with Gasteiger partial charge in [0.2, 0.25) is 5.91 Å². The third-order valence-electron chi connectivity index (χ3n) is 2.95. The largest absolute Gasteiger partial charge is 0.481 e. The van der Waals surface area contributed by atoms with Crippen molar-refractivity contribution in [3.8, 4) is 0 Å². The maximum absolute atomic E-state index is 11.2. The van der Waals surface area contributed by atoms with Crippen LogP contribution < -0.4 is 5.73 Å². The summed E-state index contributed by atoms with van der Waals surface area (Å²) < 4.78 is 0. The Morgan fingerprint density at radius 2 is 2.27 bits per heavy atom. The van der Waals surface area contributed by atoms with Crippen LogP contribution in [0.5, 0.6) is 0 Å². The van der Waals surface area contributed by atoms with E-state index in [0.29, 0.717) is 6.42 Å². The summed E-state index contributed by atoms with van der Waals surface area (Å²) in [7, 11) is 0. The molecule has 0 aromatic carbocycles. The number of amides is 1. The third-order valence-corrected chi connectivity index (χ3v) is 2.95. The summed E-state index contributed by atoms with van der Waals surface area (Å²) in [4.78, 5) is 23.8. The Hall–Kier alpha value is -1.10. The summed E-state index contributed by atoms with van der Waals surface area (Å²) >= 11 is 0. The molecule has 1 saturated heterocycles. The van der Waals surface area contributed by atoms with Gasteiger partial charge in [-0.15, -0.1) is 0 Å². The molecule has 1 fully saturated rings. The zero-order valence-electron chi connectivity index (χ0n) is 8.98. The van der Waals surface area contributed by atoms with Gasteiger partial charge in [-0.25, -0.2) is 0 Å². The molecule has 15 heavy (non-hydrogen) atoms. The Kier molecular flexibility index (Phi) is 4.08. The second kappa shape index (κ2) is 5.11. The standard InChI is InChI=1S/C10H18N2O3/c1-2-8(10(11)15)12-5-3-4-7(12)6-9(13)14/h7-8H,2-6H2,1H3,(H2,11,15)(H,13,14). The molecule has 3 N–H and O–H groups in total. The number of carbonyl (C=O) groups excluding carboxylic acids is 1. The topological polar surface area (TPSA) is 83.6 Å². The first-order valence-corrected chi connectivity index (χ1v) is 5.33. The minimum absolute atomic E-state index is 0.0278. The Labute approximate surface area is 89.2 Å². The van der Waals surface area contributed by atoms with Gasteiger partial charge in [0.25, 0.3) is 0 Å². The fourth-order valence-corrected chi connectivity index (χ4v) is 2.29. The van der Waals surface area contributed by atoms with E-state index in [1.807, 2.05) is 11.8 Å². The summed E-state index contributed by atoms with van der Waals surface area (Å²) in [6.45, 7) is 2.67. The lowest BCUT2D eigenvalue weighted by Gasteiger charge is -2.29. The molecule has 5 nitrogen and oxygen atoms in total. The van der Waals surface area contributed by atoms with Crippen molar-refractivity contribution in [3.05, 3.63) is 0 Å². The van der Waals surface area contributed by atoms with Crippen LogP contribution in [0.15, 0.2) is 0 Å². The number of carboxylic acid groups (broad SMARTS) is 1. The van der Waals surface area contributed by atoms with Crippen LogP contribution in [-0.2, 0) is 9.59 Å². The lowest BCUT2D eigenvalue weighted by Crippen LogP contribution is -2.47. The van der Waals surface area contributed by atoms with Crippen LogP contribution in [0.25, 0.3) is 0 Å². The summed E-state index contributed by atoms with van der Waals surface area (Å²) in [6.07, 6.45) is 2.53. The zero-order chi connectivity index (χ0) is 11.4. The highest BCUT2D eigenvalue weighted by Crippen LogP contribution is 2.23. The number of hydrogen-bond donors (Lipinski definition) is 2. The summed E-state index contributed by atoms with van der Waals surface area (Å²) in [5.41, 5.74) is 5.29. The second-order valence-electron chi connectivity index (χ2n) is 3.96. The highest BCUT2D eigenvalue weighted by molar-refractivity contribution is 5.80. The van der Waals surface area contributed by atoms with Crippen LogP contribution >= 0.6 is 0 Å². The van der Waals surface area contributed by atoms with Gasteiger partial charge in [-0.05, 0) is 25.8 Å². The molecule has 0 aliphatic carbocycles. The van der Waals surface area contributed by atoms with Gasteiger partial charge < -0.3 is 10.8 Å². The van der Waals surface area contributed by atoms with Gasteiger partial charge in [-0.3, -0.25) is 14.5 Å². The van der Waals surface area contributed by atoms with E-state index in [-0.39, 0.29) is 24.4 Å². The van der Waals surface area contributed by atoms with E-state index in [0.717, 1.165) is 19.4 Å². The van der Waals surface area contributed by atoms with Crippen molar-refractivity contribution in [1.82, 2.24) is 4.90 Å². The first-order valence-electron chi connectivity index (χ1n) is 5.33. The molecule has 86 valence electrons. The van der Waals surface area contributed by atoms with E-state index in [1.165, 1.54) is 0 Å². The lowest BCUT2D eigenvalue weighted by molar-refractivity contribution is -0.139. The van der Waals surface area contributed by atoms with Crippen molar-refractivity contribution in [3.63, 3.8) is 0 Å². The number of carbonyl (C=O) groups is 2.